The van der Waals surface area contributed by atoms with Crippen LogP contribution in [0.4, 0.5) is 16.2 Å². The van der Waals surface area contributed by atoms with Crippen molar-refractivity contribution in [3.05, 3.63) is 35.5 Å². The lowest BCUT2D eigenvalue weighted by molar-refractivity contribution is 0.160. The van der Waals surface area contributed by atoms with Gasteiger partial charge in [0.25, 0.3) is 0 Å². The van der Waals surface area contributed by atoms with Gasteiger partial charge in [0, 0.05) is 18.7 Å². The van der Waals surface area contributed by atoms with E-state index in [4.69, 9.17) is 9.15 Å². The van der Waals surface area contributed by atoms with Gasteiger partial charge in [-0.2, -0.15) is 0 Å². The van der Waals surface area contributed by atoms with E-state index in [1.165, 1.54) is 0 Å². The topological polar surface area (TPSA) is 80.5 Å². The summed E-state index contributed by atoms with van der Waals surface area (Å²) in [5.74, 6) is 1.21. The van der Waals surface area contributed by atoms with E-state index in [0.717, 1.165) is 29.8 Å². The van der Waals surface area contributed by atoms with Gasteiger partial charge in [-0.15, -0.1) is 10.2 Å². The number of fused-ring (bicyclic) bond motifs is 1. The zero-order valence-corrected chi connectivity index (χ0v) is 14.2. The molecule has 3 rings (SSSR count). The van der Waals surface area contributed by atoms with Crippen LogP contribution in [0.3, 0.4) is 0 Å². The Bertz CT molecular complexity index is 728. The Morgan fingerprint density at radius 3 is 2.96 bits per heavy atom. The molecule has 0 saturated carbocycles. The fraction of sp³-hybridized carbons (Fsp3) is 0.471. The monoisotopic (exact) mass is 330 g/mol. The Kier molecular flexibility index (Phi) is 4.69. The molecular formula is C17H22N4O3. The van der Waals surface area contributed by atoms with Crippen LogP contribution in [-0.2, 0) is 17.6 Å². The number of rotatable bonds is 5. The number of anilines is 2. The van der Waals surface area contributed by atoms with Gasteiger partial charge in [0.05, 0.1) is 12.3 Å². The minimum atomic E-state index is -0.289. The molecule has 7 nitrogen and oxygen atoms in total. The first-order chi connectivity index (χ1) is 11.6. The molecular weight excluding hydrogens is 308 g/mol. The van der Waals surface area contributed by atoms with E-state index >= 15 is 0 Å². The molecule has 128 valence electrons. The zero-order chi connectivity index (χ0) is 17.1. The Balaban J connectivity index is 1.71. The minimum absolute atomic E-state index is 0.0848. The predicted molar refractivity (Wildman–Crippen MR) is 90.2 cm³/mol. The Hall–Kier alpha value is -2.57. The lowest BCUT2D eigenvalue weighted by Crippen LogP contribution is -2.29. The largest absolute Gasteiger partial charge is 0.449 e. The summed E-state index contributed by atoms with van der Waals surface area (Å²) in [6, 6.07) is 5.87. The maximum atomic E-state index is 11.9. The van der Waals surface area contributed by atoms with E-state index in [0.29, 0.717) is 24.9 Å². The molecule has 0 saturated heterocycles. The molecule has 7 heteroatoms. The minimum Gasteiger partial charge on any atom is -0.449 e. The third kappa shape index (κ3) is 3.20. The van der Waals surface area contributed by atoms with Gasteiger partial charge in [-0.05, 0) is 44.0 Å². The molecule has 1 aromatic heterocycles. The van der Waals surface area contributed by atoms with Crippen molar-refractivity contribution < 1.29 is 13.9 Å². The number of carbonyl (C=O) groups is 1. The highest BCUT2D eigenvalue weighted by molar-refractivity contribution is 5.90. The summed E-state index contributed by atoms with van der Waals surface area (Å²) in [4.78, 5) is 13.6. The first-order valence-corrected chi connectivity index (χ1v) is 8.28. The van der Waals surface area contributed by atoms with Crippen LogP contribution >= 0.6 is 0 Å². The zero-order valence-electron chi connectivity index (χ0n) is 14.2. The fourth-order valence-corrected chi connectivity index (χ4v) is 2.78. The van der Waals surface area contributed by atoms with Gasteiger partial charge < -0.3 is 14.5 Å². The second-order valence-electron chi connectivity index (χ2n) is 5.70. The SMILES string of the molecule is CCOC(=O)N1CCc2cc(N[C@@H](C)c3nnc(CC)o3)ccc21. The predicted octanol–water partition coefficient (Wildman–Crippen LogP) is 3.32. The van der Waals surface area contributed by atoms with Gasteiger partial charge in [-0.3, -0.25) is 4.90 Å². The second kappa shape index (κ2) is 6.90. The highest BCUT2D eigenvalue weighted by Crippen LogP contribution is 2.32. The molecule has 0 spiro atoms. The summed E-state index contributed by atoms with van der Waals surface area (Å²) in [6.45, 7) is 6.80. The van der Waals surface area contributed by atoms with Gasteiger partial charge in [0.15, 0.2) is 0 Å². The molecule has 1 N–H and O–H groups in total. The van der Waals surface area contributed by atoms with Crippen LogP contribution in [0.1, 0.15) is 44.2 Å². The van der Waals surface area contributed by atoms with Crippen LogP contribution in [0.2, 0.25) is 0 Å². The summed E-state index contributed by atoms with van der Waals surface area (Å²) >= 11 is 0. The van der Waals surface area contributed by atoms with Gasteiger partial charge in [-0.1, -0.05) is 6.92 Å². The number of hydrogen-bond donors (Lipinski definition) is 1. The lowest BCUT2D eigenvalue weighted by atomic mass is 10.1. The maximum Gasteiger partial charge on any atom is 0.414 e. The van der Waals surface area contributed by atoms with Crippen molar-refractivity contribution in [2.75, 3.05) is 23.4 Å². The van der Waals surface area contributed by atoms with Crippen molar-refractivity contribution in [2.45, 2.75) is 39.7 Å². The van der Waals surface area contributed by atoms with E-state index < -0.39 is 0 Å². The van der Waals surface area contributed by atoms with Crippen molar-refractivity contribution in [1.82, 2.24) is 10.2 Å². The number of amides is 1. The molecule has 1 aromatic carbocycles. The molecule has 24 heavy (non-hydrogen) atoms. The van der Waals surface area contributed by atoms with Crippen molar-refractivity contribution in [3.8, 4) is 0 Å². The smallest absolute Gasteiger partial charge is 0.414 e. The summed E-state index contributed by atoms with van der Waals surface area (Å²) in [6.07, 6.45) is 1.25. The number of ether oxygens (including phenoxy) is 1. The van der Waals surface area contributed by atoms with E-state index in [1.807, 2.05) is 32.9 Å². The van der Waals surface area contributed by atoms with Gasteiger partial charge in [0.1, 0.15) is 6.04 Å². The molecule has 1 aliphatic heterocycles. The molecule has 1 atom stereocenters. The standard InChI is InChI=1S/C17H22N4O3/c1-4-15-19-20-16(24-15)11(3)18-13-6-7-14-12(10-13)8-9-21(14)17(22)23-5-2/h6-7,10-11,18H,4-5,8-9H2,1-3H3/t11-/m0/s1. The van der Waals surface area contributed by atoms with Crippen molar-refractivity contribution in [1.29, 1.82) is 0 Å². The highest BCUT2D eigenvalue weighted by atomic mass is 16.6. The first kappa shape index (κ1) is 16.3. The van der Waals surface area contributed by atoms with Crippen LogP contribution < -0.4 is 10.2 Å². The number of nitrogens with one attached hydrogen (secondary N) is 1. The van der Waals surface area contributed by atoms with Crippen LogP contribution in [0.15, 0.2) is 22.6 Å². The molecule has 2 heterocycles. The number of benzene rings is 1. The van der Waals surface area contributed by atoms with E-state index in [1.54, 1.807) is 4.90 Å². The van der Waals surface area contributed by atoms with Crippen molar-refractivity contribution >= 4 is 17.5 Å². The molecule has 0 bridgehead atoms. The number of nitrogens with zero attached hydrogens (tertiary/aromatic N) is 3. The second-order valence-corrected chi connectivity index (χ2v) is 5.70. The molecule has 0 fully saturated rings. The van der Waals surface area contributed by atoms with E-state index in [2.05, 4.69) is 21.6 Å². The van der Waals surface area contributed by atoms with Crippen LogP contribution in [-0.4, -0.2) is 29.4 Å². The first-order valence-electron chi connectivity index (χ1n) is 8.28. The Labute approximate surface area is 141 Å². The van der Waals surface area contributed by atoms with E-state index in [9.17, 15) is 4.79 Å². The summed E-state index contributed by atoms with van der Waals surface area (Å²) < 4.78 is 10.7. The Morgan fingerprint density at radius 1 is 1.42 bits per heavy atom. The molecule has 0 radical (unpaired) electrons. The summed E-state index contributed by atoms with van der Waals surface area (Å²) in [7, 11) is 0. The average molecular weight is 330 g/mol. The van der Waals surface area contributed by atoms with E-state index in [-0.39, 0.29) is 12.1 Å². The number of aromatic nitrogens is 2. The van der Waals surface area contributed by atoms with Gasteiger partial charge >= 0.3 is 6.09 Å². The lowest BCUT2D eigenvalue weighted by Gasteiger charge is -2.17. The number of hydrogen-bond acceptors (Lipinski definition) is 6. The number of carbonyl (C=O) groups excluding carboxylic acids is 1. The van der Waals surface area contributed by atoms with Crippen molar-refractivity contribution in [3.63, 3.8) is 0 Å². The van der Waals surface area contributed by atoms with Crippen molar-refractivity contribution in [2.24, 2.45) is 0 Å². The third-order valence-electron chi connectivity index (χ3n) is 4.00. The normalized spacial score (nSPS) is 14.4. The molecule has 0 aliphatic carbocycles. The van der Waals surface area contributed by atoms with Gasteiger partial charge in [-0.25, -0.2) is 4.79 Å². The molecule has 0 unspecified atom stereocenters. The summed E-state index contributed by atoms with van der Waals surface area (Å²) in [5, 5.41) is 11.4. The van der Waals surface area contributed by atoms with Crippen LogP contribution in [0.25, 0.3) is 0 Å². The number of aryl methyl sites for hydroxylation is 1. The van der Waals surface area contributed by atoms with Gasteiger partial charge in [0.2, 0.25) is 11.8 Å². The van der Waals surface area contributed by atoms with Crippen LogP contribution in [0, 0.1) is 0 Å². The fourth-order valence-electron chi connectivity index (χ4n) is 2.78. The Morgan fingerprint density at radius 2 is 2.25 bits per heavy atom. The maximum absolute atomic E-state index is 11.9. The summed E-state index contributed by atoms with van der Waals surface area (Å²) in [5.41, 5.74) is 3.00. The molecule has 2 aromatic rings. The van der Waals surface area contributed by atoms with Crippen LogP contribution in [0.5, 0.6) is 0 Å². The quantitative estimate of drug-likeness (QED) is 0.906. The molecule has 1 amide bonds. The average Bonchev–Trinajstić information content (AvgIpc) is 3.21. The molecule has 1 aliphatic rings. The third-order valence-corrected chi connectivity index (χ3v) is 4.00. The highest BCUT2D eigenvalue weighted by Gasteiger charge is 2.26.